The number of thioether (sulfide) groups is 1. The summed E-state index contributed by atoms with van der Waals surface area (Å²) in [4.78, 5) is 60.0. The number of nitrogens with zero attached hydrogens (tertiary/aromatic N) is 4. The van der Waals surface area contributed by atoms with Crippen LogP contribution in [0.3, 0.4) is 0 Å². The second-order valence-electron chi connectivity index (χ2n) is 9.91. The van der Waals surface area contributed by atoms with Crippen LogP contribution in [0.25, 0.3) is 0 Å². The van der Waals surface area contributed by atoms with Gasteiger partial charge in [0.05, 0.1) is 0 Å². The highest BCUT2D eigenvalue weighted by Crippen LogP contribution is 2.40. The quantitative estimate of drug-likeness (QED) is 0.0825. The van der Waals surface area contributed by atoms with Crippen molar-refractivity contribution in [2.45, 2.75) is 43.5 Å². The van der Waals surface area contributed by atoms with Crippen LogP contribution in [0.2, 0.25) is 4.34 Å². The number of carbonyl (C=O) groups is 4. The van der Waals surface area contributed by atoms with Gasteiger partial charge >= 0.3 is 11.9 Å². The molecule has 7 N–H and O–H groups in total. The van der Waals surface area contributed by atoms with Crippen molar-refractivity contribution < 1.29 is 38.8 Å². The number of fused-ring (bicyclic) bond motifs is 1. The number of rotatable bonds is 11. The topological polar surface area (TPSA) is 212 Å². The SMILES string of the molecule is C[C@H](ON=C(C(=O)N[C@@H]1C(=O)N2C(C(=O)O)=C(C[n+]3ccc(N[C@H]4CCNC4)cc3)CS[C@H]12)c1nc(N)sc1Cl)C(=O)O. The van der Waals surface area contributed by atoms with Crippen LogP contribution in [0.15, 0.2) is 41.0 Å². The largest absolute Gasteiger partial charge is 0.478 e. The summed E-state index contributed by atoms with van der Waals surface area (Å²) in [7, 11) is 0. The first-order valence-corrected chi connectivity index (χ1v) is 15.3. The van der Waals surface area contributed by atoms with E-state index in [-0.39, 0.29) is 27.4 Å². The molecule has 2 aromatic heterocycles. The number of carboxylic acid groups (broad SMARTS) is 2. The molecule has 3 aliphatic heterocycles. The van der Waals surface area contributed by atoms with Crippen molar-refractivity contribution in [2.75, 3.05) is 29.9 Å². The summed E-state index contributed by atoms with van der Waals surface area (Å²) in [6.45, 7) is 3.33. The number of halogens is 1. The lowest BCUT2D eigenvalue weighted by Gasteiger charge is -2.49. The summed E-state index contributed by atoms with van der Waals surface area (Å²) < 4.78 is 1.84. The Morgan fingerprint density at radius 3 is 2.70 bits per heavy atom. The molecular formula is C25H28ClN8O7S2+. The highest BCUT2D eigenvalue weighted by Gasteiger charge is 2.55. The van der Waals surface area contributed by atoms with E-state index in [1.165, 1.54) is 18.7 Å². The number of thiazole rings is 1. The number of pyridine rings is 1. The predicted octanol–water partition coefficient (Wildman–Crippen LogP) is 0.0726. The molecule has 2 fully saturated rings. The average molecular weight is 652 g/mol. The van der Waals surface area contributed by atoms with Crippen molar-refractivity contribution in [1.82, 2.24) is 20.5 Å². The van der Waals surface area contributed by atoms with Crippen LogP contribution in [0.5, 0.6) is 0 Å². The summed E-state index contributed by atoms with van der Waals surface area (Å²) in [6.07, 6.45) is 3.33. The van der Waals surface area contributed by atoms with Gasteiger partial charge in [-0.1, -0.05) is 28.1 Å². The number of β-lactam (4-membered cyclic amide) rings is 1. The van der Waals surface area contributed by atoms with Gasteiger partial charge in [0.15, 0.2) is 29.8 Å². The molecule has 0 unspecified atom stereocenters. The Labute approximate surface area is 258 Å². The zero-order valence-electron chi connectivity index (χ0n) is 22.7. The number of aromatic nitrogens is 2. The lowest BCUT2D eigenvalue weighted by atomic mass is 10.0. The summed E-state index contributed by atoms with van der Waals surface area (Å²) in [5, 5.41) is 31.4. The fourth-order valence-corrected chi connectivity index (χ4v) is 7.00. The molecule has 2 amide bonds. The lowest BCUT2D eigenvalue weighted by molar-refractivity contribution is -0.688. The normalized spacial score (nSPS) is 22.5. The number of amides is 2. The number of carbonyl (C=O) groups excluding carboxylic acids is 2. The minimum Gasteiger partial charge on any atom is -0.478 e. The zero-order valence-corrected chi connectivity index (χ0v) is 25.0. The van der Waals surface area contributed by atoms with Crippen LogP contribution in [-0.2, 0) is 30.6 Å². The van der Waals surface area contributed by atoms with Crippen LogP contribution in [0.1, 0.15) is 19.0 Å². The van der Waals surface area contributed by atoms with E-state index in [1.807, 2.05) is 29.1 Å². The maximum Gasteiger partial charge on any atom is 0.352 e. The molecule has 3 aliphatic rings. The minimum atomic E-state index is -1.40. The molecule has 2 aromatic rings. The smallest absolute Gasteiger partial charge is 0.352 e. The maximum absolute atomic E-state index is 13.2. The van der Waals surface area contributed by atoms with Gasteiger partial charge in [0.2, 0.25) is 6.10 Å². The second kappa shape index (κ2) is 12.7. The van der Waals surface area contributed by atoms with Crippen molar-refractivity contribution >= 4 is 75.0 Å². The van der Waals surface area contributed by atoms with Gasteiger partial charge in [-0.3, -0.25) is 14.5 Å². The molecule has 228 valence electrons. The van der Waals surface area contributed by atoms with Crippen LogP contribution < -0.4 is 26.3 Å². The van der Waals surface area contributed by atoms with Gasteiger partial charge in [-0.15, -0.1) is 11.8 Å². The Bertz CT molecular complexity index is 1510. The molecule has 43 heavy (non-hydrogen) atoms. The minimum absolute atomic E-state index is 0.00387. The summed E-state index contributed by atoms with van der Waals surface area (Å²) in [5.41, 5.74) is 6.43. The van der Waals surface area contributed by atoms with Crippen molar-refractivity contribution in [3.63, 3.8) is 0 Å². The number of nitrogen functional groups attached to an aromatic ring is 1. The molecule has 0 bridgehead atoms. The Balaban J connectivity index is 1.30. The van der Waals surface area contributed by atoms with Crippen molar-refractivity contribution in [2.24, 2.45) is 5.16 Å². The molecule has 5 heterocycles. The number of carboxylic acids is 2. The number of aliphatic carboxylic acids is 2. The molecule has 0 radical (unpaired) electrons. The average Bonchev–Trinajstić information content (AvgIpc) is 3.60. The number of hydrogen-bond acceptors (Lipinski definition) is 12. The monoisotopic (exact) mass is 651 g/mol. The van der Waals surface area contributed by atoms with Crippen LogP contribution >= 0.6 is 34.7 Å². The third kappa shape index (κ3) is 6.53. The van der Waals surface area contributed by atoms with E-state index >= 15 is 0 Å². The highest BCUT2D eigenvalue weighted by molar-refractivity contribution is 8.00. The van der Waals surface area contributed by atoms with Crippen LogP contribution in [0, 0.1) is 0 Å². The summed E-state index contributed by atoms with van der Waals surface area (Å²) >= 11 is 8.32. The number of anilines is 2. The third-order valence-electron chi connectivity index (χ3n) is 6.92. The Kier molecular flexibility index (Phi) is 9.05. The third-order valence-corrected chi connectivity index (χ3v) is 9.35. The van der Waals surface area contributed by atoms with E-state index in [2.05, 4.69) is 26.1 Å². The van der Waals surface area contributed by atoms with Gasteiger partial charge in [0.1, 0.15) is 27.1 Å². The van der Waals surface area contributed by atoms with Crippen LogP contribution in [-0.4, -0.2) is 92.0 Å². The van der Waals surface area contributed by atoms with Crippen LogP contribution in [0.4, 0.5) is 10.8 Å². The molecule has 5 rings (SSSR count). The first kappa shape index (κ1) is 30.5. The van der Waals surface area contributed by atoms with E-state index in [9.17, 15) is 24.3 Å². The van der Waals surface area contributed by atoms with Gasteiger partial charge < -0.3 is 36.7 Å². The molecular weight excluding hydrogens is 624 g/mol. The predicted molar refractivity (Wildman–Crippen MR) is 157 cm³/mol. The molecule has 0 aliphatic carbocycles. The van der Waals surface area contributed by atoms with Gasteiger partial charge in [-0.25, -0.2) is 19.1 Å². The van der Waals surface area contributed by atoms with Gasteiger partial charge in [0, 0.05) is 41.7 Å². The number of hydrogen-bond donors (Lipinski definition) is 6. The second-order valence-corrected chi connectivity index (χ2v) is 12.6. The maximum atomic E-state index is 13.2. The van der Waals surface area contributed by atoms with Crippen molar-refractivity contribution in [3.8, 4) is 0 Å². The fourth-order valence-electron chi connectivity index (χ4n) is 4.74. The molecule has 0 aromatic carbocycles. The zero-order chi connectivity index (χ0) is 30.8. The Hall–Kier alpha value is -3.93. The van der Waals surface area contributed by atoms with Crippen molar-refractivity contribution in [1.29, 1.82) is 0 Å². The Morgan fingerprint density at radius 1 is 1.35 bits per heavy atom. The van der Waals surface area contributed by atoms with Crippen molar-refractivity contribution in [3.05, 3.63) is 45.8 Å². The first-order valence-electron chi connectivity index (χ1n) is 13.1. The van der Waals surface area contributed by atoms with Gasteiger partial charge in [0.25, 0.3) is 11.8 Å². The molecule has 0 spiro atoms. The summed E-state index contributed by atoms with van der Waals surface area (Å²) in [5.74, 6) is -3.83. The number of oxime groups is 1. The van der Waals surface area contributed by atoms with E-state index in [4.69, 9.17) is 27.3 Å². The van der Waals surface area contributed by atoms with E-state index in [0.717, 1.165) is 41.4 Å². The van der Waals surface area contributed by atoms with E-state index in [1.54, 1.807) is 0 Å². The Morgan fingerprint density at radius 2 is 2.09 bits per heavy atom. The van der Waals surface area contributed by atoms with E-state index < -0.39 is 47.0 Å². The summed E-state index contributed by atoms with van der Waals surface area (Å²) in [6, 6.07) is 3.10. The van der Waals surface area contributed by atoms with Gasteiger partial charge in [-0.2, -0.15) is 0 Å². The van der Waals surface area contributed by atoms with Gasteiger partial charge in [-0.05, 0) is 19.9 Å². The fraction of sp³-hybridized carbons (Fsp3) is 0.400. The molecule has 18 heteroatoms. The standard InChI is InChI=1S/C25H27ClN8O7S2/c1-11(23(37)38)41-32-16(15-19(26)43-25(27)31-15)20(35)30-17-21(36)34-18(24(39)40)12(10-42-22(17)34)9-33-6-3-13(4-7-33)29-14-2-5-28-8-14/h3-4,6-7,11,14,17,22,28H,2,5,8-10H2,1H3,(H5,27,30,31,35,37,38,39,40)/p+1/t11-,14-,17+,22+/m0/s1. The molecule has 2 saturated heterocycles. The van der Waals surface area contributed by atoms with E-state index in [0.29, 0.717) is 17.4 Å². The molecule has 0 saturated carbocycles. The lowest BCUT2D eigenvalue weighted by Crippen LogP contribution is -2.71. The number of nitrogens with two attached hydrogens (primary N) is 1. The molecule has 4 atom stereocenters. The number of nitrogens with one attached hydrogen (secondary N) is 3. The molecule has 15 nitrogen and oxygen atoms in total. The highest BCUT2D eigenvalue weighted by atomic mass is 35.5. The first-order chi connectivity index (χ1) is 20.5.